The number of hydrogen-bond donors (Lipinski definition) is 1. The summed E-state index contributed by atoms with van der Waals surface area (Å²) < 4.78 is 0. The van der Waals surface area contributed by atoms with Crippen molar-refractivity contribution in [3.8, 4) is 0 Å². The number of likely N-dealkylation sites (N-methyl/N-ethyl adjacent to an activating group) is 1. The summed E-state index contributed by atoms with van der Waals surface area (Å²) in [6, 6.07) is 10.7. The van der Waals surface area contributed by atoms with Crippen LogP contribution in [0.4, 0.5) is 0 Å². The Hall–Kier alpha value is -0.830. The zero-order valence-electron chi connectivity index (χ0n) is 10.0. The number of rotatable bonds is 4. The summed E-state index contributed by atoms with van der Waals surface area (Å²) in [6.07, 6.45) is 1.01. The number of benzene rings is 1. The molecule has 0 aliphatic heterocycles. The number of thiophene rings is 1. The maximum atomic E-state index is 6.07. The van der Waals surface area contributed by atoms with Crippen LogP contribution < -0.4 is 5.32 Å². The highest BCUT2D eigenvalue weighted by Crippen LogP contribution is 2.26. The summed E-state index contributed by atoms with van der Waals surface area (Å²) in [6.45, 7) is 2.13. The minimum absolute atomic E-state index is 0.326. The van der Waals surface area contributed by atoms with Crippen LogP contribution in [0.25, 0.3) is 0 Å². The molecule has 0 aliphatic rings. The van der Waals surface area contributed by atoms with E-state index in [0.29, 0.717) is 6.04 Å². The SMILES string of the molecule is CNC(Cc1cccs1)c1cc(Cl)ccc1C. The molecular weight excluding hydrogens is 250 g/mol. The van der Waals surface area contributed by atoms with E-state index in [0.717, 1.165) is 11.4 Å². The summed E-state index contributed by atoms with van der Waals surface area (Å²) in [5, 5.41) is 6.29. The van der Waals surface area contributed by atoms with Crippen LogP contribution in [0.3, 0.4) is 0 Å². The first-order valence-corrected chi connectivity index (χ1v) is 6.92. The highest BCUT2D eigenvalue weighted by atomic mass is 35.5. The molecule has 0 spiro atoms. The van der Waals surface area contributed by atoms with Gasteiger partial charge in [-0.15, -0.1) is 11.3 Å². The van der Waals surface area contributed by atoms with E-state index in [1.807, 2.05) is 13.1 Å². The molecule has 0 bridgehead atoms. The van der Waals surface area contributed by atoms with Crippen LogP contribution in [0.15, 0.2) is 35.7 Å². The minimum Gasteiger partial charge on any atom is -0.313 e. The molecule has 2 aromatic rings. The summed E-state index contributed by atoms with van der Waals surface area (Å²) in [4.78, 5) is 1.39. The van der Waals surface area contributed by atoms with E-state index < -0.39 is 0 Å². The molecule has 1 heterocycles. The standard InChI is InChI=1S/C14H16ClNS/c1-10-5-6-11(15)8-13(10)14(16-2)9-12-4-3-7-17-12/h3-8,14,16H,9H2,1-2H3. The lowest BCUT2D eigenvalue weighted by Gasteiger charge is -2.18. The van der Waals surface area contributed by atoms with E-state index in [1.165, 1.54) is 16.0 Å². The van der Waals surface area contributed by atoms with Crippen molar-refractivity contribution in [3.63, 3.8) is 0 Å². The molecule has 1 atom stereocenters. The van der Waals surface area contributed by atoms with Crippen LogP contribution in [0.2, 0.25) is 5.02 Å². The first-order chi connectivity index (χ1) is 8.20. The minimum atomic E-state index is 0.326. The normalized spacial score (nSPS) is 12.6. The molecule has 1 aromatic heterocycles. The highest BCUT2D eigenvalue weighted by molar-refractivity contribution is 7.09. The van der Waals surface area contributed by atoms with Gasteiger partial charge in [-0.2, -0.15) is 0 Å². The number of halogens is 1. The molecule has 0 aliphatic carbocycles. The van der Waals surface area contributed by atoms with Gasteiger partial charge in [-0.3, -0.25) is 0 Å². The fourth-order valence-electron chi connectivity index (χ4n) is 1.98. The van der Waals surface area contributed by atoms with Crippen LogP contribution in [0.1, 0.15) is 22.0 Å². The van der Waals surface area contributed by atoms with Gasteiger partial charge in [0.1, 0.15) is 0 Å². The van der Waals surface area contributed by atoms with Crippen molar-refractivity contribution in [3.05, 3.63) is 56.7 Å². The van der Waals surface area contributed by atoms with Crippen molar-refractivity contribution in [2.24, 2.45) is 0 Å². The summed E-state index contributed by atoms with van der Waals surface area (Å²) in [5.74, 6) is 0. The van der Waals surface area contributed by atoms with Gasteiger partial charge in [-0.25, -0.2) is 0 Å². The second-order valence-corrected chi connectivity index (χ2v) is 5.59. The molecule has 17 heavy (non-hydrogen) atoms. The van der Waals surface area contributed by atoms with Gasteiger partial charge >= 0.3 is 0 Å². The predicted molar refractivity (Wildman–Crippen MR) is 76.0 cm³/mol. The third kappa shape index (κ3) is 3.09. The molecule has 0 amide bonds. The number of aryl methyl sites for hydroxylation is 1. The average Bonchev–Trinajstić information content (AvgIpc) is 2.82. The van der Waals surface area contributed by atoms with Crippen molar-refractivity contribution >= 4 is 22.9 Å². The zero-order valence-corrected chi connectivity index (χ0v) is 11.6. The van der Waals surface area contributed by atoms with E-state index in [9.17, 15) is 0 Å². The van der Waals surface area contributed by atoms with Crippen molar-refractivity contribution in [2.75, 3.05) is 7.05 Å². The molecule has 1 N–H and O–H groups in total. The molecule has 90 valence electrons. The average molecular weight is 266 g/mol. The molecule has 1 unspecified atom stereocenters. The van der Waals surface area contributed by atoms with E-state index in [4.69, 9.17) is 11.6 Å². The van der Waals surface area contributed by atoms with Gasteiger partial charge in [0.25, 0.3) is 0 Å². The topological polar surface area (TPSA) is 12.0 Å². The monoisotopic (exact) mass is 265 g/mol. The predicted octanol–water partition coefficient (Wildman–Crippen LogP) is 4.21. The fourth-order valence-corrected chi connectivity index (χ4v) is 2.92. The Morgan fingerprint density at radius 1 is 1.35 bits per heavy atom. The van der Waals surface area contributed by atoms with E-state index >= 15 is 0 Å². The Kier molecular flexibility index (Phi) is 4.21. The molecule has 2 rings (SSSR count). The molecule has 0 saturated heterocycles. The maximum absolute atomic E-state index is 6.07. The number of hydrogen-bond acceptors (Lipinski definition) is 2. The molecule has 3 heteroatoms. The summed E-state index contributed by atoms with van der Waals surface area (Å²) in [5.41, 5.74) is 2.57. The van der Waals surface area contributed by atoms with Crippen LogP contribution in [0.5, 0.6) is 0 Å². The van der Waals surface area contributed by atoms with Crippen molar-refractivity contribution < 1.29 is 0 Å². The quantitative estimate of drug-likeness (QED) is 0.873. The van der Waals surface area contributed by atoms with Gasteiger partial charge in [0, 0.05) is 22.4 Å². The smallest absolute Gasteiger partial charge is 0.0409 e. The fraction of sp³-hybridized carbons (Fsp3) is 0.286. The highest BCUT2D eigenvalue weighted by Gasteiger charge is 2.13. The van der Waals surface area contributed by atoms with Crippen molar-refractivity contribution in [1.29, 1.82) is 0 Å². The molecule has 0 fully saturated rings. The summed E-state index contributed by atoms with van der Waals surface area (Å²) >= 11 is 7.87. The Morgan fingerprint density at radius 2 is 2.18 bits per heavy atom. The van der Waals surface area contributed by atoms with Crippen LogP contribution in [0, 0.1) is 6.92 Å². The van der Waals surface area contributed by atoms with Gasteiger partial charge in [-0.1, -0.05) is 23.7 Å². The van der Waals surface area contributed by atoms with E-state index in [2.05, 4.69) is 41.9 Å². The van der Waals surface area contributed by atoms with Crippen molar-refractivity contribution in [1.82, 2.24) is 5.32 Å². The lowest BCUT2D eigenvalue weighted by Crippen LogP contribution is -2.19. The Morgan fingerprint density at radius 3 is 2.82 bits per heavy atom. The largest absolute Gasteiger partial charge is 0.313 e. The lowest BCUT2D eigenvalue weighted by molar-refractivity contribution is 0.593. The van der Waals surface area contributed by atoms with Crippen LogP contribution in [-0.4, -0.2) is 7.05 Å². The van der Waals surface area contributed by atoms with Gasteiger partial charge in [-0.05, 0) is 48.7 Å². The molecule has 1 nitrogen and oxygen atoms in total. The first kappa shape index (κ1) is 12.6. The molecule has 0 radical (unpaired) electrons. The second-order valence-electron chi connectivity index (χ2n) is 4.13. The number of nitrogens with one attached hydrogen (secondary N) is 1. The second kappa shape index (κ2) is 5.67. The Labute approximate surface area is 111 Å². The molecule has 1 aromatic carbocycles. The van der Waals surface area contributed by atoms with Crippen LogP contribution >= 0.6 is 22.9 Å². The third-order valence-electron chi connectivity index (χ3n) is 2.95. The summed E-state index contributed by atoms with van der Waals surface area (Å²) in [7, 11) is 2.00. The first-order valence-electron chi connectivity index (χ1n) is 5.66. The van der Waals surface area contributed by atoms with Gasteiger partial charge in [0.15, 0.2) is 0 Å². The lowest BCUT2D eigenvalue weighted by atomic mass is 9.98. The van der Waals surface area contributed by atoms with Gasteiger partial charge in [0.05, 0.1) is 0 Å². The Bertz CT molecular complexity index is 479. The maximum Gasteiger partial charge on any atom is 0.0409 e. The van der Waals surface area contributed by atoms with Crippen LogP contribution in [-0.2, 0) is 6.42 Å². The van der Waals surface area contributed by atoms with Gasteiger partial charge in [0.2, 0.25) is 0 Å². The molecule has 0 saturated carbocycles. The zero-order chi connectivity index (χ0) is 12.3. The third-order valence-corrected chi connectivity index (χ3v) is 4.08. The Balaban J connectivity index is 2.25. The van der Waals surface area contributed by atoms with Gasteiger partial charge < -0.3 is 5.32 Å². The van der Waals surface area contributed by atoms with E-state index in [1.54, 1.807) is 11.3 Å². The van der Waals surface area contributed by atoms with Crippen molar-refractivity contribution in [2.45, 2.75) is 19.4 Å². The van der Waals surface area contributed by atoms with E-state index in [-0.39, 0.29) is 0 Å². The molecular formula is C14H16ClNS.